The van der Waals surface area contributed by atoms with Gasteiger partial charge in [-0.05, 0) is 24.3 Å². The van der Waals surface area contributed by atoms with Crippen molar-refractivity contribution in [2.24, 2.45) is 0 Å². The van der Waals surface area contributed by atoms with Gasteiger partial charge in [-0.1, -0.05) is 6.92 Å². The topological polar surface area (TPSA) is 83.8 Å². The summed E-state index contributed by atoms with van der Waals surface area (Å²) in [7, 11) is 0. The Hall–Kier alpha value is -1.88. The van der Waals surface area contributed by atoms with Gasteiger partial charge < -0.3 is 14.9 Å². The fraction of sp³-hybridized carbons (Fsp3) is 0.273. The molecule has 0 aliphatic rings. The normalized spacial score (nSPS) is 11.9. The average Bonchev–Trinajstić information content (AvgIpc) is 2.28. The van der Waals surface area contributed by atoms with Crippen molar-refractivity contribution in [3.05, 3.63) is 29.8 Å². The molecule has 5 heteroatoms. The highest BCUT2D eigenvalue weighted by molar-refractivity contribution is 5.92. The van der Waals surface area contributed by atoms with Crippen LogP contribution in [0.15, 0.2) is 24.3 Å². The maximum absolute atomic E-state index is 11.4. The van der Waals surface area contributed by atoms with Gasteiger partial charge >= 0.3 is 5.97 Å². The number of aliphatic hydroxyl groups excluding tert-OH is 1. The predicted molar refractivity (Wildman–Crippen MR) is 54.8 cm³/mol. The van der Waals surface area contributed by atoms with Crippen molar-refractivity contribution in [3.63, 3.8) is 0 Å². The molecular formula is C11H12O5. The van der Waals surface area contributed by atoms with E-state index in [4.69, 9.17) is 10.2 Å². The number of hydrogen-bond acceptors (Lipinski definition) is 5. The van der Waals surface area contributed by atoms with E-state index < -0.39 is 18.0 Å². The Morgan fingerprint density at radius 2 is 1.88 bits per heavy atom. The van der Waals surface area contributed by atoms with Crippen LogP contribution < -0.4 is 0 Å². The Balaban J connectivity index is 2.65. The van der Waals surface area contributed by atoms with E-state index in [9.17, 15) is 9.59 Å². The van der Waals surface area contributed by atoms with E-state index in [1.54, 1.807) is 6.92 Å². The van der Waals surface area contributed by atoms with Gasteiger partial charge in [0, 0.05) is 6.42 Å². The second-order valence-corrected chi connectivity index (χ2v) is 3.12. The summed E-state index contributed by atoms with van der Waals surface area (Å²) in [5, 5.41) is 18.2. The summed E-state index contributed by atoms with van der Waals surface area (Å²) in [6.45, 7) is 1.56. The largest absolute Gasteiger partial charge is 0.508 e. The smallest absolute Gasteiger partial charge is 0.340 e. The third-order valence-electron chi connectivity index (χ3n) is 1.95. The number of aliphatic hydroxyl groups is 1. The maximum Gasteiger partial charge on any atom is 0.340 e. The molecule has 0 aliphatic heterocycles. The van der Waals surface area contributed by atoms with Crippen LogP contribution in [-0.2, 0) is 9.53 Å². The predicted octanol–water partition coefficient (Wildman–Crippen LogP) is 0.846. The van der Waals surface area contributed by atoms with Crippen molar-refractivity contribution in [1.82, 2.24) is 0 Å². The lowest BCUT2D eigenvalue weighted by Crippen LogP contribution is -2.26. The van der Waals surface area contributed by atoms with Crippen molar-refractivity contribution in [2.45, 2.75) is 19.6 Å². The fourth-order valence-corrected chi connectivity index (χ4v) is 1.01. The summed E-state index contributed by atoms with van der Waals surface area (Å²) < 4.78 is 4.51. The number of hydrogen-bond donors (Lipinski definition) is 2. The average molecular weight is 224 g/mol. The summed E-state index contributed by atoms with van der Waals surface area (Å²) in [6, 6.07) is 5.29. The third-order valence-corrected chi connectivity index (χ3v) is 1.95. The van der Waals surface area contributed by atoms with Gasteiger partial charge in [-0.2, -0.15) is 0 Å². The molecule has 1 aromatic carbocycles. The van der Waals surface area contributed by atoms with Gasteiger partial charge in [0.05, 0.1) is 5.56 Å². The number of carbonyl (C=O) groups is 2. The minimum Gasteiger partial charge on any atom is -0.508 e. The number of benzene rings is 1. The number of phenols is 1. The molecule has 16 heavy (non-hydrogen) atoms. The third kappa shape index (κ3) is 3.06. The maximum atomic E-state index is 11.4. The van der Waals surface area contributed by atoms with Gasteiger partial charge in [0.2, 0.25) is 5.78 Å². The number of Topliss-reactive ketones (excluding diaryl/α,β-unsaturated/α-hetero) is 1. The van der Waals surface area contributed by atoms with Crippen molar-refractivity contribution < 1.29 is 24.5 Å². The van der Waals surface area contributed by atoms with E-state index in [1.165, 1.54) is 24.3 Å². The number of ether oxygens (including phenoxy) is 1. The Bertz CT molecular complexity index is 382. The SMILES string of the molecule is CCC(=O)C(O)OC(=O)c1ccc(O)cc1. The van der Waals surface area contributed by atoms with Gasteiger partial charge in [-0.25, -0.2) is 4.79 Å². The molecule has 0 amide bonds. The number of ketones is 1. The highest BCUT2D eigenvalue weighted by Crippen LogP contribution is 2.11. The van der Waals surface area contributed by atoms with E-state index in [0.717, 1.165) is 0 Å². The number of rotatable bonds is 4. The minimum atomic E-state index is -1.73. The Labute approximate surface area is 92.3 Å². The van der Waals surface area contributed by atoms with Crippen LogP contribution in [0.5, 0.6) is 5.75 Å². The van der Waals surface area contributed by atoms with Gasteiger partial charge in [-0.15, -0.1) is 0 Å². The zero-order valence-corrected chi connectivity index (χ0v) is 8.71. The van der Waals surface area contributed by atoms with E-state index in [0.29, 0.717) is 0 Å². The van der Waals surface area contributed by atoms with E-state index in [1.807, 2.05) is 0 Å². The van der Waals surface area contributed by atoms with Crippen LogP contribution in [0.2, 0.25) is 0 Å². The monoisotopic (exact) mass is 224 g/mol. The molecule has 0 fully saturated rings. The second-order valence-electron chi connectivity index (χ2n) is 3.12. The Morgan fingerprint density at radius 1 is 1.31 bits per heavy atom. The van der Waals surface area contributed by atoms with Crippen LogP contribution in [-0.4, -0.2) is 28.3 Å². The zero-order valence-electron chi connectivity index (χ0n) is 8.71. The lowest BCUT2D eigenvalue weighted by molar-refractivity contribution is -0.146. The molecule has 1 unspecified atom stereocenters. The molecule has 1 aromatic rings. The minimum absolute atomic E-state index is 0.0155. The van der Waals surface area contributed by atoms with E-state index in [-0.39, 0.29) is 17.7 Å². The number of esters is 1. The van der Waals surface area contributed by atoms with Gasteiger partial charge in [0.1, 0.15) is 5.75 Å². The van der Waals surface area contributed by atoms with Crippen LogP contribution in [0.3, 0.4) is 0 Å². The van der Waals surface area contributed by atoms with Crippen molar-refractivity contribution in [1.29, 1.82) is 0 Å². The highest BCUT2D eigenvalue weighted by Gasteiger charge is 2.18. The molecule has 0 saturated carbocycles. The first kappa shape index (κ1) is 12.2. The molecule has 0 aromatic heterocycles. The fourth-order valence-electron chi connectivity index (χ4n) is 1.01. The van der Waals surface area contributed by atoms with Crippen LogP contribution in [0.4, 0.5) is 0 Å². The molecule has 0 spiro atoms. The molecule has 0 aliphatic carbocycles. The molecule has 2 N–H and O–H groups in total. The lowest BCUT2D eigenvalue weighted by atomic mass is 10.2. The van der Waals surface area contributed by atoms with Crippen LogP contribution >= 0.6 is 0 Å². The summed E-state index contributed by atoms with van der Waals surface area (Å²) in [6.07, 6.45) is -1.64. The first-order chi connectivity index (χ1) is 7.54. The summed E-state index contributed by atoms with van der Waals surface area (Å²) >= 11 is 0. The molecule has 86 valence electrons. The molecular weight excluding hydrogens is 212 g/mol. The van der Waals surface area contributed by atoms with Crippen molar-refractivity contribution >= 4 is 11.8 Å². The molecule has 0 heterocycles. The molecule has 5 nitrogen and oxygen atoms in total. The first-order valence-electron chi connectivity index (χ1n) is 4.75. The Kier molecular flexibility index (Phi) is 4.02. The number of phenolic OH excluding ortho intramolecular Hbond substituents is 1. The van der Waals surface area contributed by atoms with Crippen LogP contribution in [0.25, 0.3) is 0 Å². The standard InChI is InChI=1S/C11H12O5/c1-2-9(13)11(15)16-10(14)7-3-5-8(12)6-4-7/h3-6,11-12,15H,2H2,1H3. The summed E-state index contributed by atoms with van der Waals surface area (Å²) in [5.41, 5.74) is 0.153. The first-order valence-corrected chi connectivity index (χ1v) is 4.75. The van der Waals surface area contributed by atoms with Gasteiger partial charge in [0.15, 0.2) is 0 Å². The number of aromatic hydroxyl groups is 1. The molecule has 0 saturated heterocycles. The highest BCUT2D eigenvalue weighted by atomic mass is 16.6. The van der Waals surface area contributed by atoms with Gasteiger partial charge in [-0.3, -0.25) is 4.79 Å². The second kappa shape index (κ2) is 5.27. The van der Waals surface area contributed by atoms with Crippen molar-refractivity contribution in [2.75, 3.05) is 0 Å². The van der Waals surface area contributed by atoms with E-state index >= 15 is 0 Å². The number of carbonyl (C=O) groups excluding carboxylic acids is 2. The zero-order chi connectivity index (χ0) is 12.1. The van der Waals surface area contributed by atoms with Crippen molar-refractivity contribution in [3.8, 4) is 5.75 Å². The quantitative estimate of drug-likeness (QED) is 0.585. The summed E-state index contributed by atoms with van der Waals surface area (Å²) in [4.78, 5) is 22.3. The lowest BCUT2D eigenvalue weighted by Gasteiger charge is -2.09. The van der Waals surface area contributed by atoms with E-state index in [2.05, 4.69) is 4.74 Å². The molecule has 0 radical (unpaired) electrons. The molecule has 1 rings (SSSR count). The molecule has 0 bridgehead atoms. The van der Waals surface area contributed by atoms with Crippen LogP contribution in [0.1, 0.15) is 23.7 Å². The Morgan fingerprint density at radius 3 is 2.38 bits per heavy atom. The van der Waals surface area contributed by atoms with Gasteiger partial charge in [0.25, 0.3) is 6.29 Å². The molecule has 1 atom stereocenters. The summed E-state index contributed by atoms with van der Waals surface area (Å²) in [5.74, 6) is -1.36. The van der Waals surface area contributed by atoms with Crippen LogP contribution in [0, 0.1) is 0 Å².